The molecule has 0 aliphatic heterocycles. The fourth-order valence-corrected chi connectivity index (χ4v) is 5.01. The second-order valence-corrected chi connectivity index (χ2v) is 11.6. The molecule has 11 heteroatoms. The number of aromatic amines is 1. The quantitative estimate of drug-likeness (QED) is 0.184. The number of carbonyl (C=O) groups excluding carboxylic acids is 3. The number of likely N-dealkylation sites (N-methyl/N-ethyl adjacent to an activating group) is 1. The van der Waals surface area contributed by atoms with Gasteiger partial charge in [-0.25, -0.2) is 4.98 Å². The van der Waals surface area contributed by atoms with Gasteiger partial charge in [-0.15, -0.1) is 0 Å². The molecule has 3 aromatic carbocycles. The molecule has 45 heavy (non-hydrogen) atoms. The van der Waals surface area contributed by atoms with Gasteiger partial charge in [0, 0.05) is 43.8 Å². The number of nitrogens with one attached hydrogen (secondary N) is 3. The molecule has 5 N–H and O–H groups in total. The summed E-state index contributed by atoms with van der Waals surface area (Å²) >= 11 is 0. The van der Waals surface area contributed by atoms with Gasteiger partial charge in [-0.2, -0.15) is 0 Å². The third-order valence-corrected chi connectivity index (χ3v) is 7.47. The number of rotatable bonds is 10. The molecule has 0 saturated carbocycles. The minimum atomic E-state index is -1.18. The van der Waals surface area contributed by atoms with Crippen LogP contribution in [0.1, 0.15) is 31.0 Å². The van der Waals surface area contributed by atoms with E-state index in [-0.39, 0.29) is 30.6 Å². The van der Waals surface area contributed by atoms with E-state index in [1.54, 1.807) is 38.7 Å². The molecule has 3 amide bonds. The van der Waals surface area contributed by atoms with Crippen LogP contribution in [0.3, 0.4) is 0 Å². The zero-order valence-corrected chi connectivity index (χ0v) is 26.4. The van der Waals surface area contributed by atoms with E-state index in [2.05, 4.69) is 20.6 Å². The topological polar surface area (TPSA) is 138 Å². The molecule has 234 valence electrons. The molecule has 2 heterocycles. The monoisotopic (exact) mass is 626 g/mol. The van der Waals surface area contributed by atoms with Gasteiger partial charge in [0.15, 0.2) is 5.82 Å². The fraction of sp³-hybridized carbons (Fsp3) is 0.235. The van der Waals surface area contributed by atoms with Crippen molar-refractivity contribution in [2.45, 2.75) is 37.9 Å². The lowest BCUT2D eigenvalue weighted by molar-refractivity contribution is -0.131. The molecule has 0 aliphatic carbocycles. The summed E-state index contributed by atoms with van der Waals surface area (Å²) in [6, 6.07) is 23.9. The smallest absolute Gasteiger partial charge is 0.249 e. The Hall–Kier alpha value is -4.93. The minimum Gasteiger partial charge on any atom is -1.00 e. The molecule has 0 aliphatic rings. The number of anilines is 1. The zero-order valence-electron chi connectivity index (χ0n) is 25.6. The number of nitrogens with two attached hydrogens (primary N) is 1. The average molecular weight is 627 g/mol. The van der Waals surface area contributed by atoms with Gasteiger partial charge < -0.3 is 43.2 Å². The number of imidazole rings is 1. The van der Waals surface area contributed by atoms with Gasteiger partial charge in [-0.05, 0) is 42.2 Å². The number of hydrogen-bond acceptors (Lipinski definition) is 5. The van der Waals surface area contributed by atoms with Gasteiger partial charge >= 0.3 is 0 Å². The van der Waals surface area contributed by atoms with Gasteiger partial charge in [0.25, 0.3) is 0 Å². The minimum absolute atomic E-state index is 0. The lowest BCUT2D eigenvalue weighted by Crippen LogP contribution is -3.00. The number of amides is 3. The number of carbonyl (C=O) groups is 3. The molecule has 10 nitrogen and oxygen atoms in total. The van der Waals surface area contributed by atoms with Crippen molar-refractivity contribution in [2.24, 2.45) is 5.73 Å². The lowest BCUT2D eigenvalue weighted by atomic mass is 10.00. The molecule has 0 saturated heterocycles. The number of aromatic nitrogens is 3. The van der Waals surface area contributed by atoms with Crippen LogP contribution >= 0.6 is 0 Å². The summed E-state index contributed by atoms with van der Waals surface area (Å²) in [5, 5.41) is 6.58. The van der Waals surface area contributed by atoms with E-state index in [0.717, 1.165) is 33.2 Å². The Kier molecular flexibility index (Phi) is 10.1. The van der Waals surface area contributed by atoms with E-state index in [9.17, 15) is 14.4 Å². The SMILES string of the molecule is CN(C)C(=O)C(c1ccc(-c2ccccc2)cc1)n1cnc(NC(=O)[C@@H](Cc2c[nH]c3ccccc23)NC(=O)C(C)(C)N)c1.[Cl-]. The molecule has 0 spiro atoms. The number of fused-ring (bicyclic) bond motifs is 1. The van der Waals surface area contributed by atoms with Gasteiger partial charge in [-0.3, -0.25) is 14.4 Å². The van der Waals surface area contributed by atoms with Crippen molar-refractivity contribution in [3.8, 4) is 11.1 Å². The molecule has 0 bridgehead atoms. The van der Waals surface area contributed by atoms with Crippen LogP contribution in [0.4, 0.5) is 5.82 Å². The second-order valence-electron chi connectivity index (χ2n) is 11.6. The number of halogens is 1. The first-order valence-corrected chi connectivity index (χ1v) is 14.4. The van der Waals surface area contributed by atoms with Gasteiger partial charge in [0.1, 0.15) is 12.1 Å². The third kappa shape index (κ3) is 7.60. The summed E-state index contributed by atoms with van der Waals surface area (Å²) in [6.07, 6.45) is 5.20. The number of hydrogen-bond donors (Lipinski definition) is 4. The van der Waals surface area contributed by atoms with E-state index in [1.807, 2.05) is 85.1 Å². The highest BCUT2D eigenvalue weighted by atomic mass is 35.5. The van der Waals surface area contributed by atoms with E-state index in [4.69, 9.17) is 5.73 Å². The molecule has 0 fully saturated rings. The maximum absolute atomic E-state index is 13.6. The Morgan fingerprint density at radius 2 is 1.60 bits per heavy atom. The number of nitrogens with zero attached hydrogens (tertiary/aromatic N) is 3. The number of benzene rings is 3. The fourth-order valence-electron chi connectivity index (χ4n) is 5.01. The van der Waals surface area contributed by atoms with Gasteiger partial charge in [0.2, 0.25) is 17.7 Å². The van der Waals surface area contributed by atoms with E-state index in [0.29, 0.717) is 0 Å². The second kappa shape index (κ2) is 13.8. The van der Waals surface area contributed by atoms with Crippen LogP contribution < -0.4 is 28.8 Å². The largest absolute Gasteiger partial charge is 1.00 e. The van der Waals surface area contributed by atoms with Crippen LogP contribution in [0.15, 0.2) is 97.6 Å². The number of para-hydroxylation sites is 1. The predicted octanol–water partition coefficient (Wildman–Crippen LogP) is 1.12. The third-order valence-electron chi connectivity index (χ3n) is 7.47. The summed E-state index contributed by atoms with van der Waals surface area (Å²) in [6.45, 7) is 3.16. The maximum atomic E-state index is 13.6. The van der Waals surface area contributed by atoms with Crippen molar-refractivity contribution < 1.29 is 26.8 Å². The molecule has 5 rings (SSSR count). The van der Waals surface area contributed by atoms with Crippen LogP contribution in [-0.2, 0) is 20.8 Å². The Morgan fingerprint density at radius 1 is 0.956 bits per heavy atom. The zero-order chi connectivity index (χ0) is 31.4. The van der Waals surface area contributed by atoms with Crippen LogP contribution in [0, 0.1) is 0 Å². The normalized spacial score (nSPS) is 12.6. The highest BCUT2D eigenvalue weighted by molar-refractivity contribution is 5.98. The predicted molar refractivity (Wildman–Crippen MR) is 172 cm³/mol. The Labute approximate surface area is 268 Å². The Balaban J connectivity index is 0.00000461. The summed E-state index contributed by atoms with van der Waals surface area (Å²) in [7, 11) is 3.40. The first-order chi connectivity index (χ1) is 21.0. The summed E-state index contributed by atoms with van der Waals surface area (Å²) < 4.78 is 1.67. The van der Waals surface area contributed by atoms with Crippen LogP contribution in [-0.4, -0.2) is 62.8 Å². The van der Waals surface area contributed by atoms with Gasteiger partial charge in [-0.1, -0.05) is 72.8 Å². The highest BCUT2D eigenvalue weighted by Gasteiger charge is 2.30. The van der Waals surface area contributed by atoms with Crippen molar-refractivity contribution in [1.29, 1.82) is 0 Å². The van der Waals surface area contributed by atoms with Crippen molar-refractivity contribution in [1.82, 2.24) is 24.8 Å². The molecular weight excluding hydrogens is 590 g/mol. The van der Waals surface area contributed by atoms with Crippen molar-refractivity contribution in [2.75, 3.05) is 19.4 Å². The first-order valence-electron chi connectivity index (χ1n) is 14.4. The van der Waals surface area contributed by atoms with Crippen LogP contribution in [0.25, 0.3) is 22.0 Å². The standard InChI is InChI=1S/C34H37N7O3.ClH/c1-34(2,35)33(44)38-28(18-25-19-36-27-13-9-8-12-26(25)27)31(42)39-29-20-41(21-37-29)30(32(43)40(3)4)24-16-14-23(15-17-24)22-10-6-5-7-11-22;/h5-17,19-21,28,30,36H,18,35H2,1-4H3,(H,38,44)(H,39,42);1H/p-1/t28-,30?;/m1./s1. The molecular formula is C34H37ClN7O3-. The average Bonchev–Trinajstić information content (AvgIpc) is 3.64. The van der Waals surface area contributed by atoms with E-state index < -0.39 is 29.4 Å². The number of H-pyrrole nitrogens is 1. The van der Waals surface area contributed by atoms with Crippen LogP contribution in [0.2, 0.25) is 0 Å². The van der Waals surface area contributed by atoms with Crippen molar-refractivity contribution in [3.63, 3.8) is 0 Å². The lowest BCUT2D eigenvalue weighted by Gasteiger charge is -2.23. The molecule has 2 aromatic heterocycles. The van der Waals surface area contributed by atoms with Gasteiger partial charge in [0.05, 0.1) is 11.9 Å². The van der Waals surface area contributed by atoms with Crippen molar-refractivity contribution in [3.05, 3.63) is 109 Å². The summed E-state index contributed by atoms with van der Waals surface area (Å²) in [5.74, 6) is -0.820. The molecule has 5 aromatic rings. The summed E-state index contributed by atoms with van der Waals surface area (Å²) in [5.41, 5.74) is 9.53. The van der Waals surface area contributed by atoms with E-state index >= 15 is 0 Å². The molecule has 0 radical (unpaired) electrons. The Bertz CT molecular complexity index is 1770. The molecule has 1 unspecified atom stereocenters. The van der Waals surface area contributed by atoms with Crippen LogP contribution in [0.5, 0.6) is 0 Å². The Morgan fingerprint density at radius 3 is 2.27 bits per heavy atom. The first kappa shape index (κ1) is 33.0. The van der Waals surface area contributed by atoms with E-state index in [1.165, 1.54) is 11.2 Å². The van der Waals surface area contributed by atoms with Crippen molar-refractivity contribution >= 4 is 34.4 Å². The molecule has 2 atom stereocenters. The summed E-state index contributed by atoms with van der Waals surface area (Å²) in [4.78, 5) is 48.9. The highest BCUT2D eigenvalue weighted by Crippen LogP contribution is 2.26. The maximum Gasteiger partial charge on any atom is 0.249 e.